The zero-order valence-corrected chi connectivity index (χ0v) is 15.8. The van der Waals surface area contributed by atoms with Crippen LogP contribution in [-0.4, -0.2) is 11.7 Å². The molecule has 0 N–H and O–H groups in total. The second kappa shape index (κ2) is 7.29. The maximum absolute atomic E-state index is 14.5. The summed E-state index contributed by atoms with van der Waals surface area (Å²) in [4.78, 5) is 12.6. The summed E-state index contributed by atoms with van der Waals surface area (Å²) in [6.45, 7) is 0. The number of fused-ring (bicyclic) bond motifs is 1. The molecule has 0 saturated heterocycles. The molecule has 0 aliphatic rings. The Bertz CT molecular complexity index is 1300. The van der Waals surface area contributed by atoms with E-state index < -0.39 is 28.7 Å². The Morgan fingerprint density at radius 1 is 0.897 bits per heavy atom. The van der Waals surface area contributed by atoms with Crippen molar-refractivity contribution in [3.63, 3.8) is 0 Å². The molecular formula is C22H13ClF3NO2. The third-order valence-electron chi connectivity index (χ3n) is 4.60. The van der Waals surface area contributed by atoms with Crippen molar-refractivity contribution in [2.75, 3.05) is 7.11 Å². The number of halogens is 4. The van der Waals surface area contributed by atoms with Gasteiger partial charge in [-0.2, -0.15) is 0 Å². The van der Waals surface area contributed by atoms with Crippen LogP contribution in [0.2, 0.25) is 5.02 Å². The minimum Gasteiger partial charge on any atom is -0.497 e. The van der Waals surface area contributed by atoms with Gasteiger partial charge >= 0.3 is 0 Å². The summed E-state index contributed by atoms with van der Waals surface area (Å²) >= 11 is 6.23. The Kier molecular flexibility index (Phi) is 4.80. The lowest BCUT2D eigenvalue weighted by Crippen LogP contribution is -2.20. The first-order valence-electron chi connectivity index (χ1n) is 8.54. The molecule has 0 radical (unpaired) electrons. The predicted octanol–water partition coefficient (Wildman–Crippen LogP) is 5.74. The average Bonchev–Trinajstić information content (AvgIpc) is 2.68. The van der Waals surface area contributed by atoms with Crippen LogP contribution in [0.4, 0.5) is 13.2 Å². The van der Waals surface area contributed by atoms with Gasteiger partial charge in [-0.1, -0.05) is 17.7 Å². The summed E-state index contributed by atoms with van der Waals surface area (Å²) in [7, 11) is 1.42. The predicted molar refractivity (Wildman–Crippen MR) is 106 cm³/mol. The monoisotopic (exact) mass is 415 g/mol. The van der Waals surface area contributed by atoms with E-state index in [1.807, 2.05) is 0 Å². The van der Waals surface area contributed by atoms with Crippen molar-refractivity contribution in [3.05, 3.63) is 93.5 Å². The number of nitrogens with zero attached hydrogens (tertiary/aromatic N) is 1. The normalized spacial score (nSPS) is 11.1. The van der Waals surface area contributed by atoms with E-state index in [4.69, 9.17) is 16.3 Å². The molecule has 0 aliphatic carbocycles. The molecule has 3 aromatic carbocycles. The van der Waals surface area contributed by atoms with Crippen molar-refractivity contribution in [2.24, 2.45) is 0 Å². The molecule has 4 rings (SSSR count). The summed E-state index contributed by atoms with van der Waals surface area (Å²) in [6, 6.07) is 13.2. The number of benzene rings is 3. The standard InChI is InChI=1S/C22H13ClF3NO2/c1-29-13-10-16(14-6-5-12(24)9-17(14)23)15-7-8-21(28)27(20(15)11-13)22-18(25)3-2-4-19(22)26/h2-11H,1H3. The summed E-state index contributed by atoms with van der Waals surface area (Å²) in [5.41, 5.74) is 0.112. The van der Waals surface area contributed by atoms with Gasteiger partial charge in [-0.3, -0.25) is 9.36 Å². The number of hydrogen-bond acceptors (Lipinski definition) is 2. The van der Waals surface area contributed by atoms with E-state index in [0.717, 1.165) is 22.8 Å². The highest BCUT2D eigenvalue weighted by Gasteiger charge is 2.18. The highest BCUT2D eigenvalue weighted by atomic mass is 35.5. The van der Waals surface area contributed by atoms with Gasteiger partial charge in [0.05, 0.1) is 17.6 Å². The Hall–Kier alpha value is -3.25. The summed E-state index contributed by atoms with van der Waals surface area (Å²) in [5, 5.41) is 0.635. The highest BCUT2D eigenvalue weighted by Crippen LogP contribution is 2.37. The van der Waals surface area contributed by atoms with Gasteiger partial charge in [0, 0.05) is 23.1 Å². The second-order valence-corrected chi connectivity index (χ2v) is 6.72. The Labute approximate surface area is 168 Å². The third-order valence-corrected chi connectivity index (χ3v) is 4.92. The van der Waals surface area contributed by atoms with Crippen LogP contribution >= 0.6 is 11.6 Å². The van der Waals surface area contributed by atoms with Gasteiger partial charge in [0.1, 0.15) is 28.9 Å². The van der Waals surface area contributed by atoms with Crippen LogP contribution in [0.15, 0.2) is 65.5 Å². The van der Waals surface area contributed by atoms with Gasteiger partial charge in [-0.05, 0) is 48.0 Å². The van der Waals surface area contributed by atoms with Crippen molar-refractivity contribution in [2.45, 2.75) is 0 Å². The first-order chi connectivity index (χ1) is 13.9. The van der Waals surface area contributed by atoms with Gasteiger partial charge in [0.15, 0.2) is 0 Å². The van der Waals surface area contributed by atoms with E-state index in [0.29, 0.717) is 22.3 Å². The largest absolute Gasteiger partial charge is 0.497 e. The van der Waals surface area contributed by atoms with Crippen LogP contribution in [0.25, 0.3) is 27.7 Å². The van der Waals surface area contributed by atoms with Crippen molar-refractivity contribution >= 4 is 22.5 Å². The first kappa shape index (κ1) is 19.1. The molecule has 3 nitrogen and oxygen atoms in total. The Morgan fingerprint density at radius 3 is 2.28 bits per heavy atom. The molecule has 0 saturated carbocycles. The number of para-hydroxylation sites is 1. The van der Waals surface area contributed by atoms with Crippen molar-refractivity contribution < 1.29 is 17.9 Å². The number of methoxy groups -OCH3 is 1. The molecule has 0 amide bonds. The molecular weight excluding hydrogens is 403 g/mol. The van der Waals surface area contributed by atoms with Crippen molar-refractivity contribution in [3.8, 4) is 22.6 Å². The van der Waals surface area contributed by atoms with Gasteiger partial charge < -0.3 is 4.74 Å². The van der Waals surface area contributed by atoms with Gasteiger partial charge in [-0.25, -0.2) is 13.2 Å². The van der Waals surface area contributed by atoms with Crippen LogP contribution in [-0.2, 0) is 0 Å². The van der Waals surface area contributed by atoms with Crippen LogP contribution in [0.5, 0.6) is 5.75 Å². The second-order valence-electron chi connectivity index (χ2n) is 6.31. The number of ether oxygens (including phenoxy) is 1. The fourth-order valence-corrected chi connectivity index (χ4v) is 3.57. The van der Waals surface area contributed by atoms with Crippen LogP contribution in [0.3, 0.4) is 0 Å². The molecule has 4 aromatic rings. The number of aromatic nitrogens is 1. The number of rotatable bonds is 3. The van der Waals surface area contributed by atoms with Gasteiger partial charge in [0.2, 0.25) is 0 Å². The SMILES string of the molecule is COc1cc(-c2ccc(F)cc2Cl)c2ccc(=O)n(-c3c(F)cccc3F)c2c1. The zero-order chi connectivity index (χ0) is 20.7. The van der Waals surface area contributed by atoms with Crippen LogP contribution < -0.4 is 10.3 Å². The van der Waals surface area contributed by atoms with Gasteiger partial charge in [0.25, 0.3) is 5.56 Å². The minimum atomic E-state index is -0.885. The van der Waals surface area contributed by atoms with Gasteiger partial charge in [-0.15, -0.1) is 0 Å². The lowest BCUT2D eigenvalue weighted by Gasteiger charge is -2.16. The summed E-state index contributed by atoms with van der Waals surface area (Å²) in [6.07, 6.45) is 0. The summed E-state index contributed by atoms with van der Waals surface area (Å²) in [5.74, 6) is -1.94. The molecule has 0 aliphatic heterocycles. The molecule has 0 spiro atoms. The molecule has 1 heterocycles. The molecule has 29 heavy (non-hydrogen) atoms. The average molecular weight is 416 g/mol. The fraction of sp³-hybridized carbons (Fsp3) is 0.0455. The van der Waals surface area contributed by atoms with Crippen molar-refractivity contribution in [1.29, 1.82) is 0 Å². The van der Waals surface area contributed by atoms with Crippen LogP contribution in [0, 0.1) is 17.5 Å². The third kappa shape index (κ3) is 3.25. The molecule has 0 atom stereocenters. The minimum absolute atomic E-state index is 0.148. The molecule has 0 bridgehead atoms. The number of pyridine rings is 1. The topological polar surface area (TPSA) is 31.2 Å². The Balaban J connectivity index is 2.16. The van der Waals surface area contributed by atoms with E-state index in [-0.39, 0.29) is 10.5 Å². The smallest absolute Gasteiger partial charge is 0.255 e. The quantitative estimate of drug-likeness (QED) is 0.427. The lowest BCUT2D eigenvalue weighted by molar-refractivity contribution is 0.415. The molecule has 1 aromatic heterocycles. The zero-order valence-electron chi connectivity index (χ0n) is 15.0. The van der Waals surface area contributed by atoms with Crippen molar-refractivity contribution in [1.82, 2.24) is 4.57 Å². The first-order valence-corrected chi connectivity index (χ1v) is 8.92. The van der Waals surface area contributed by atoms with E-state index in [1.165, 1.54) is 43.5 Å². The Morgan fingerprint density at radius 2 is 1.62 bits per heavy atom. The van der Waals surface area contributed by atoms with Crippen LogP contribution in [0.1, 0.15) is 0 Å². The number of hydrogen-bond donors (Lipinski definition) is 0. The molecule has 7 heteroatoms. The molecule has 0 unspecified atom stereocenters. The van der Waals surface area contributed by atoms with E-state index in [2.05, 4.69) is 0 Å². The van der Waals surface area contributed by atoms with E-state index >= 15 is 0 Å². The maximum Gasteiger partial charge on any atom is 0.255 e. The summed E-state index contributed by atoms with van der Waals surface area (Å²) < 4.78 is 48.7. The molecule has 0 fully saturated rings. The van der Waals surface area contributed by atoms with E-state index in [9.17, 15) is 18.0 Å². The maximum atomic E-state index is 14.5. The lowest BCUT2D eigenvalue weighted by atomic mass is 9.99. The van der Waals surface area contributed by atoms with E-state index in [1.54, 1.807) is 6.07 Å². The molecule has 146 valence electrons. The highest BCUT2D eigenvalue weighted by molar-refractivity contribution is 6.33. The fourth-order valence-electron chi connectivity index (χ4n) is 3.30.